The number of carbonyl (C=O) groups is 1. The molecule has 1 aromatic heterocycles. The third-order valence-corrected chi connectivity index (χ3v) is 2.02. The first-order chi connectivity index (χ1) is 7.20. The molecule has 84 valence electrons. The monoisotopic (exact) mass is 214 g/mol. The SMILES string of the molecule is CCCCc1[nH]nc(C(=O)OCC)c1F. The van der Waals surface area contributed by atoms with Gasteiger partial charge < -0.3 is 4.74 Å². The molecule has 0 atom stereocenters. The van der Waals surface area contributed by atoms with Gasteiger partial charge in [0.1, 0.15) is 0 Å². The zero-order valence-corrected chi connectivity index (χ0v) is 8.97. The van der Waals surface area contributed by atoms with Crippen LogP contribution >= 0.6 is 0 Å². The summed E-state index contributed by atoms with van der Waals surface area (Å²) >= 11 is 0. The lowest BCUT2D eigenvalue weighted by molar-refractivity contribution is 0.0514. The van der Waals surface area contributed by atoms with Gasteiger partial charge in [-0.25, -0.2) is 9.18 Å². The van der Waals surface area contributed by atoms with Crippen molar-refractivity contribution in [1.82, 2.24) is 10.2 Å². The van der Waals surface area contributed by atoms with E-state index in [0.29, 0.717) is 12.1 Å². The van der Waals surface area contributed by atoms with Crippen LogP contribution in [0.5, 0.6) is 0 Å². The number of aromatic nitrogens is 2. The Balaban J connectivity index is 2.74. The van der Waals surface area contributed by atoms with Crippen LogP contribution < -0.4 is 0 Å². The number of nitrogens with zero attached hydrogens (tertiary/aromatic N) is 1. The minimum atomic E-state index is -0.714. The third kappa shape index (κ3) is 2.78. The van der Waals surface area contributed by atoms with Crippen molar-refractivity contribution in [2.75, 3.05) is 6.61 Å². The summed E-state index contributed by atoms with van der Waals surface area (Å²) < 4.78 is 18.2. The highest BCUT2D eigenvalue weighted by Crippen LogP contribution is 2.12. The largest absolute Gasteiger partial charge is 0.461 e. The Labute approximate surface area is 87.8 Å². The van der Waals surface area contributed by atoms with Gasteiger partial charge in [0.15, 0.2) is 5.82 Å². The van der Waals surface area contributed by atoms with Gasteiger partial charge in [0.2, 0.25) is 5.69 Å². The summed E-state index contributed by atoms with van der Waals surface area (Å²) in [6, 6.07) is 0. The molecule has 0 aliphatic heterocycles. The minimum Gasteiger partial charge on any atom is -0.461 e. The lowest BCUT2D eigenvalue weighted by Crippen LogP contribution is -2.07. The first-order valence-electron chi connectivity index (χ1n) is 5.10. The summed E-state index contributed by atoms with van der Waals surface area (Å²) in [5.41, 5.74) is 0.128. The molecule has 0 aliphatic rings. The van der Waals surface area contributed by atoms with Gasteiger partial charge in [-0.1, -0.05) is 13.3 Å². The highest BCUT2D eigenvalue weighted by molar-refractivity contribution is 5.87. The van der Waals surface area contributed by atoms with E-state index >= 15 is 0 Å². The van der Waals surface area contributed by atoms with Crippen molar-refractivity contribution in [3.8, 4) is 0 Å². The molecule has 1 heterocycles. The van der Waals surface area contributed by atoms with Crippen LogP contribution in [0.1, 0.15) is 42.9 Å². The molecule has 0 amide bonds. The number of esters is 1. The van der Waals surface area contributed by atoms with E-state index in [2.05, 4.69) is 14.9 Å². The molecule has 0 fully saturated rings. The van der Waals surface area contributed by atoms with Gasteiger partial charge in [-0.2, -0.15) is 5.10 Å². The van der Waals surface area contributed by atoms with Crippen LogP contribution in [-0.4, -0.2) is 22.8 Å². The highest BCUT2D eigenvalue weighted by Gasteiger charge is 2.20. The molecule has 1 N–H and O–H groups in total. The van der Waals surface area contributed by atoms with E-state index in [0.717, 1.165) is 12.8 Å². The van der Waals surface area contributed by atoms with Crippen LogP contribution in [-0.2, 0) is 11.2 Å². The van der Waals surface area contributed by atoms with E-state index in [-0.39, 0.29) is 12.3 Å². The van der Waals surface area contributed by atoms with E-state index in [1.165, 1.54) is 0 Å². The molecular formula is C10H15FN2O2. The predicted molar refractivity (Wildman–Crippen MR) is 53.1 cm³/mol. The fourth-order valence-electron chi connectivity index (χ4n) is 1.22. The summed E-state index contributed by atoms with van der Waals surface area (Å²) in [6.45, 7) is 3.90. The zero-order chi connectivity index (χ0) is 11.3. The first-order valence-corrected chi connectivity index (χ1v) is 5.10. The number of aromatic amines is 1. The van der Waals surface area contributed by atoms with Crippen LogP contribution in [0.15, 0.2) is 0 Å². The average Bonchev–Trinajstić information content (AvgIpc) is 2.57. The van der Waals surface area contributed by atoms with E-state index in [9.17, 15) is 9.18 Å². The lowest BCUT2D eigenvalue weighted by Gasteiger charge is -1.97. The van der Waals surface area contributed by atoms with Crippen LogP contribution in [0.4, 0.5) is 4.39 Å². The number of halogens is 1. The van der Waals surface area contributed by atoms with Crippen LogP contribution in [0.3, 0.4) is 0 Å². The van der Waals surface area contributed by atoms with E-state index in [1.54, 1.807) is 6.92 Å². The first kappa shape index (κ1) is 11.7. The molecule has 5 heteroatoms. The van der Waals surface area contributed by atoms with Crippen molar-refractivity contribution in [1.29, 1.82) is 0 Å². The summed E-state index contributed by atoms with van der Waals surface area (Å²) in [5, 5.41) is 6.13. The molecule has 0 saturated heterocycles. The van der Waals surface area contributed by atoms with Gasteiger partial charge in [-0.15, -0.1) is 0 Å². The fourth-order valence-corrected chi connectivity index (χ4v) is 1.22. The van der Waals surface area contributed by atoms with Crippen LogP contribution in [0.2, 0.25) is 0 Å². The average molecular weight is 214 g/mol. The maximum Gasteiger partial charge on any atom is 0.361 e. The number of rotatable bonds is 5. The number of nitrogens with one attached hydrogen (secondary N) is 1. The maximum absolute atomic E-state index is 13.5. The normalized spacial score (nSPS) is 10.3. The van der Waals surface area contributed by atoms with Gasteiger partial charge in [0, 0.05) is 0 Å². The Morgan fingerprint density at radius 2 is 2.27 bits per heavy atom. The molecule has 1 rings (SSSR count). The van der Waals surface area contributed by atoms with E-state index in [1.807, 2.05) is 6.92 Å². The number of hydrogen-bond donors (Lipinski definition) is 1. The second-order valence-electron chi connectivity index (χ2n) is 3.19. The van der Waals surface area contributed by atoms with E-state index in [4.69, 9.17) is 0 Å². The lowest BCUT2D eigenvalue weighted by atomic mass is 10.2. The summed E-state index contributed by atoms with van der Waals surface area (Å²) in [5.74, 6) is -1.30. The molecule has 0 aliphatic carbocycles. The van der Waals surface area contributed by atoms with Crippen molar-refractivity contribution >= 4 is 5.97 Å². The molecule has 0 radical (unpaired) electrons. The third-order valence-electron chi connectivity index (χ3n) is 2.02. The van der Waals surface area contributed by atoms with Crippen molar-refractivity contribution in [2.45, 2.75) is 33.1 Å². The Hall–Kier alpha value is -1.39. The topological polar surface area (TPSA) is 55.0 Å². The molecule has 0 saturated carbocycles. The Morgan fingerprint density at radius 1 is 1.53 bits per heavy atom. The zero-order valence-electron chi connectivity index (χ0n) is 8.97. The molecule has 0 aromatic carbocycles. The van der Waals surface area contributed by atoms with Crippen molar-refractivity contribution in [2.24, 2.45) is 0 Å². The molecular weight excluding hydrogens is 199 g/mol. The number of H-pyrrole nitrogens is 1. The van der Waals surface area contributed by atoms with Crippen molar-refractivity contribution in [3.05, 3.63) is 17.2 Å². The second-order valence-corrected chi connectivity index (χ2v) is 3.19. The van der Waals surface area contributed by atoms with Crippen molar-refractivity contribution < 1.29 is 13.9 Å². The quantitative estimate of drug-likeness (QED) is 0.763. The van der Waals surface area contributed by atoms with Crippen molar-refractivity contribution in [3.63, 3.8) is 0 Å². The smallest absolute Gasteiger partial charge is 0.361 e. The number of ether oxygens (including phenoxy) is 1. The van der Waals surface area contributed by atoms with Gasteiger partial charge in [-0.05, 0) is 19.8 Å². The minimum absolute atomic E-state index is 0.218. The van der Waals surface area contributed by atoms with Gasteiger partial charge in [0.25, 0.3) is 0 Å². The van der Waals surface area contributed by atoms with Gasteiger partial charge >= 0.3 is 5.97 Å². The molecule has 1 aromatic rings. The second kappa shape index (κ2) is 5.48. The maximum atomic E-state index is 13.5. The Kier molecular flexibility index (Phi) is 4.27. The van der Waals surface area contributed by atoms with Gasteiger partial charge in [0.05, 0.1) is 12.3 Å². The summed E-state index contributed by atoms with van der Waals surface area (Å²) in [4.78, 5) is 11.2. The fraction of sp³-hybridized carbons (Fsp3) is 0.600. The van der Waals surface area contributed by atoms with Crippen LogP contribution in [0, 0.1) is 5.82 Å². The number of carbonyl (C=O) groups excluding carboxylic acids is 1. The summed E-state index contributed by atoms with van der Waals surface area (Å²) in [7, 11) is 0. The highest BCUT2D eigenvalue weighted by atomic mass is 19.1. The molecule has 0 spiro atoms. The molecule has 0 unspecified atom stereocenters. The van der Waals surface area contributed by atoms with Crippen LogP contribution in [0.25, 0.3) is 0 Å². The number of hydrogen-bond acceptors (Lipinski definition) is 3. The Bertz CT molecular complexity index is 336. The Morgan fingerprint density at radius 3 is 2.87 bits per heavy atom. The molecule has 0 bridgehead atoms. The number of unbranched alkanes of at least 4 members (excludes halogenated alkanes) is 1. The number of aryl methyl sites for hydroxylation is 1. The van der Waals surface area contributed by atoms with E-state index < -0.39 is 11.8 Å². The molecule has 15 heavy (non-hydrogen) atoms. The molecule has 4 nitrogen and oxygen atoms in total. The van der Waals surface area contributed by atoms with Gasteiger partial charge in [-0.3, -0.25) is 5.10 Å². The standard InChI is InChI=1S/C10H15FN2O2/c1-3-5-6-7-8(11)9(13-12-7)10(14)15-4-2/h3-6H2,1-2H3,(H,12,13). The predicted octanol–water partition coefficient (Wildman–Crippen LogP) is 2.07. The summed E-state index contributed by atoms with van der Waals surface area (Å²) in [6.07, 6.45) is 2.39.